The molecule has 0 saturated heterocycles. The van der Waals surface area contributed by atoms with Crippen LogP contribution in [0.3, 0.4) is 0 Å². The number of rotatable bonds is 3. The number of halogens is 1. The Morgan fingerprint density at radius 1 is 1.59 bits per heavy atom. The van der Waals surface area contributed by atoms with Crippen molar-refractivity contribution in [2.24, 2.45) is 0 Å². The number of benzene rings is 1. The second-order valence-electron chi connectivity index (χ2n) is 3.52. The summed E-state index contributed by atoms with van der Waals surface area (Å²) in [6.45, 7) is 2.74. The van der Waals surface area contributed by atoms with Gasteiger partial charge in [-0.1, -0.05) is 15.9 Å². The summed E-state index contributed by atoms with van der Waals surface area (Å²) in [6, 6.07) is 5.80. The number of imidazole rings is 1. The number of nitrogens with zero attached hydrogens (tertiary/aromatic N) is 2. The van der Waals surface area contributed by atoms with Crippen molar-refractivity contribution in [2.75, 3.05) is 0 Å². The maximum atomic E-state index is 10.5. The topological polar surface area (TPSA) is 55.1 Å². The molecule has 1 heterocycles. The Bertz CT molecular complexity index is 602. The van der Waals surface area contributed by atoms with E-state index >= 15 is 0 Å². The predicted molar refractivity (Wildman–Crippen MR) is 69.8 cm³/mol. The van der Waals surface area contributed by atoms with E-state index in [0.717, 1.165) is 28.1 Å². The summed E-state index contributed by atoms with van der Waals surface area (Å²) < 4.78 is 2.95. The zero-order valence-electron chi connectivity index (χ0n) is 9.22. The van der Waals surface area contributed by atoms with Gasteiger partial charge in [0.05, 0.1) is 11.0 Å². The lowest BCUT2D eigenvalue weighted by Gasteiger charge is -2.02. The maximum Gasteiger partial charge on any atom is 0.328 e. The summed E-state index contributed by atoms with van der Waals surface area (Å²) in [4.78, 5) is 14.9. The summed E-state index contributed by atoms with van der Waals surface area (Å²) in [6.07, 6.45) is 2.61. The van der Waals surface area contributed by atoms with Crippen LogP contribution in [0.5, 0.6) is 0 Å². The number of hydrogen-bond donors (Lipinski definition) is 1. The molecule has 88 valence electrons. The summed E-state index contributed by atoms with van der Waals surface area (Å²) in [5, 5.41) is 8.63. The highest BCUT2D eigenvalue weighted by atomic mass is 79.9. The summed E-state index contributed by atoms with van der Waals surface area (Å²) in [5.41, 5.74) is 1.85. The fraction of sp³-hybridized carbons (Fsp3) is 0.167. The molecule has 0 aliphatic carbocycles. The first kappa shape index (κ1) is 11.9. The minimum absolute atomic E-state index is 0.656. The smallest absolute Gasteiger partial charge is 0.328 e. The fourth-order valence-corrected chi connectivity index (χ4v) is 2.07. The van der Waals surface area contributed by atoms with E-state index in [9.17, 15) is 4.79 Å². The van der Waals surface area contributed by atoms with Gasteiger partial charge in [-0.15, -0.1) is 0 Å². The third-order valence-electron chi connectivity index (χ3n) is 2.43. The van der Waals surface area contributed by atoms with Crippen LogP contribution in [0.25, 0.3) is 17.1 Å². The van der Waals surface area contributed by atoms with Crippen molar-refractivity contribution in [1.82, 2.24) is 9.55 Å². The van der Waals surface area contributed by atoms with Crippen molar-refractivity contribution in [3.05, 3.63) is 34.6 Å². The van der Waals surface area contributed by atoms with Gasteiger partial charge in [-0.25, -0.2) is 9.78 Å². The highest BCUT2D eigenvalue weighted by Crippen LogP contribution is 2.21. The summed E-state index contributed by atoms with van der Waals surface area (Å²) in [5.74, 6) is -0.316. The molecule has 0 spiro atoms. The molecular weight excluding hydrogens is 284 g/mol. The predicted octanol–water partition coefficient (Wildman–Crippen LogP) is 2.92. The second-order valence-corrected chi connectivity index (χ2v) is 4.43. The molecular formula is C12H11BrN2O2. The largest absolute Gasteiger partial charge is 0.478 e. The first-order chi connectivity index (χ1) is 8.11. The Balaban J connectivity index is 2.60. The van der Waals surface area contributed by atoms with E-state index in [1.54, 1.807) is 0 Å². The summed E-state index contributed by atoms with van der Waals surface area (Å²) >= 11 is 3.41. The first-order valence-electron chi connectivity index (χ1n) is 5.18. The van der Waals surface area contributed by atoms with E-state index in [0.29, 0.717) is 5.82 Å². The molecule has 0 aliphatic rings. The molecule has 2 aromatic rings. The average Bonchev–Trinajstić information content (AvgIpc) is 2.63. The van der Waals surface area contributed by atoms with Gasteiger partial charge in [-0.05, 0) is 31.2 Å². The highest BCUT2D eigenvalue weighted by molar-refractivity contribution is 9.10. The van der Waals surface area contributed by atoms with Gasteiger partial charge in [0.1, 0.15) is 5.82 Å². The highest BCUT2D eigenvalue weighted by Gasteiger charge is 2.07. The third kappa shape index (κ3) is 2.39. The molecule has 17 heavy (non-hydrogen) atoms. The molecule has 0 aliphatic heterocycles. The van der Waals surface area contributed by atoms with Crippen LogP contribution in [-0.4, -0.2) is 20.6 Å². The number of carboxylic acids is 1. The minimum Gasteiger partial charge on any atom is -0.478 e. The van der Waals surface area contributed by atoms with Crippen LogP contribution in [0, 0.1) is 0 Å². The molecule has 1 aromatic carbocycles. The molecule has 0 atom stereocenters. The molecule has 1 N–H and O–H groups in total. The standard InChI is InChI=1S/C12H11BrN2O2/c1-2-15-10-7-8(13)3-4-9(10)14-11(15)5-6-12(16)17/h3-7H,2H2,1H3,(H,16,17)/b6-5+. The normalized spacial score (nSPS) is 11.4. The molecule has 0 fully saturated rings. The number of fused-ring (bicyclic) bond motifs is 1. The van der Waals surface area contributed by atoms with Crippen LogP contribution < -0.4 is 0 Å². The van der Waals surface area contributed by atoms with Gasteiger partial charge in [-0.3, -0.25) is 0 Å². The lowest BCUT2D eigenvalue weighted by Crippen LogP contribution is -1.97. The minimum atomic E-state index is -0.971. The van der Waals surface area contributed by atoms with Gasteiger partial charge < -0.3 is 9.67 Å². The van der Waals surface area contributed by atoms with Crippen molar-refractivity contribution in [3.63, 3.8) is 0 Å². The van der Waals surface area contributed by atoms with Crippen LogP contribution in [0.4, 0.5) is 0 Å². The monoisotopic (exact) mass is 294 g/mol. The van der Waals surface area contributed by atoms with E-state index in [1.165, 1.54) is 6.08 Å². The Hall–Kier alpha value is -1.62. The number of carbonyl (C=O) groups is 1. The zero-order valence-corrected chi connectivity index (χ0v) is 10.8. The average molecular weight is 295 g/mol. The van der Waals surface area contributed by atoms with Crippen molar-refractivity contribution in [2.45, 2.75) is 13.5 Å². The zero-order chi connectivity index (χ0) is 12.4. The Morgan fingerprint density at radius 3 is 3.00 bits per heavy atom. The number of hydrogen-bond acceptors (Lipinski definition) is 2. The third-order valence-corrected chi connectivity index (χ3v) is 2.92. The van der Waals surface area contributed by atoms with Gasteiger partial charge in [0.15, 0.2) is 0 Å². The van der Waals surface area contributed by atoms with Crippen LogP contribution in [0.1, 0.15) is 12.7 Å². The maximum absolute atomic E-state index is 10.5. The molecule has 0 radical (unpaired) electrons. The molecule has 0 amide bonds. The Labute approximate surface area is 107 Å². The van der Waals surface area contributed by atoms with E-state index in [-0.39, 0.29) is 0 Å². The van der Waals surface area contributed by atoms with Crippen molar-refractivity contribution in [3.8, 4) is 0 Å². The lowest BCUT2D eigenvalue weighted by molar-refractivity contribution is -0.131. The lowest BCUT2D eigenvalue weighted by atomic mass is 10.3. The summed E-state index contributed by atoms with van der Waals surface area (Å²) in [7, 11) is 0. The molecule has 0 unspecified atom stereocenters. The van der Waals surface area contributed by atoms with Gasteiger partial charge in [0.25, 0.3) is 0 Å². The number of carboxylic acid groups (broad SMARTS) is 1. The van der Waals surface area contributed by atoms with E-state index < -0.39 is 5.97 Å². The molecule has 0 bridgehead atoms. The van der Waals surface area contributed by atoms with Crippen molar-refractivity contribution >= 4 is 39.0 Å². The van der Waals surface area contributed by atoms with E-state index in [1.807, 2.05) is 29.7 Å². The molecule has 5 heteroatoms. The number of aryl methyl sites for hydroxylation is 1. The van der Waals surface area contributed by atoms with Crippen LogP contribution in [-0.2, 0) is 11.3 Å². The van der Waals surface area contributed by atoms with Crippen LogP contribution >= 0.6 is 15.9 Å². The molecule has 0 saturated carbocycles. The molecule has 4 nitrogen and oxygen atoms in total. The number of aromatic nitrogens is 2. The first-order valence-corrected chi connectivity index (χ1v) is 5.98. The van der Waals surface area contributed by atoms with Crippen molar-refractivity contribution < 1.29 is 9.90 Å². The number of aliphatic carboxylic acids is 1. The van der Waals surface area contributed by atoms with E-state index in [4.69, 9.17) is 5.11 Å². The second kappa shape index (κ2) is 4.71. The fourth-order valence-electron chi connectivity index (χ4n) is 1.72. The van der Waals surface area contributed by atoms with Crippen LogP contribution in [0.2, 0.25) is 0 Å². The van der Waals surface area contributed by atoms with Gasteiger partial charge in [-0.2, -0.15) is 0 Å². The van der Waals surface area contributed by atoms with Gasteiger partial charge in [0, 0.05) is 17.1 Å². The van der Waals surface area contributed by atoms with Gasteiger partial charge in [0.2, 0.25) is 0 Å². The SMILES string of the molecule is CCn1c(/C=C/C(=O)O)nc2ccc(Br)cc21. The quantitative estimate of drug-likeness (QED) is 0.886. The van der Waals surface area contributed by atoms with E-state index in [2.05, 4.69) is 20.9 Å². The Kier molecular flexibility index (Phi) is 3.28. The molecule has 2 rings (SSSR count). The van der Waals surface area contributed by atoms with Crippen LogP contribution in [0.15, 0.2) is 28.7 Å². The van der Waals surface area contributed by atoms with Gasteiger partial charge >= 0.3 is 5.97 Å². The Morgan fingerprint density at radius 2 is 2.35 bits per heavy atom. The van der Waals surface area contributed by atoms with Crippen molar-refractivity contribution in [1.29, 1.82) is 0 Å². The molecule has 1 aromatic heterocycles.